The van der Waals surface area contributed by atoms with Crippen molar-refractivity contribution < 1.29 is 9.59 Å². The van der Waals surface area contributed by atoms with Crippen LogP contribution in [0.1, 0.15) is 33.9 Å². The van der Waals surface area contributed by atoms with E-state index in [-0.39, 0.29) is 24.2 Å². The second kappa shape index (κ2) is 9.12. The van der Waals surface area contributed by atoms with E-state index in [1.54, 1.807) is 0 Å². The molecule has 134 valence electrons. The van der Waals surface area contributed by atoms with Crippen LogP contribution in [0.3, 0.4) is 0 Å². The Morgan fingerprint density at radius 3 is 2.69 bits per heavy atom. The van der Waals surface area contributed by atoms with Gasteiger partial charge >= 0.3 is 0 Å². The summed E-state index contributed by atoms with van der Waals surface area (Å²) < 4.78 is 0.814. The molecule has 1 aromatic carbocycles. The summed E-state index contributed by atoms with van der Waals surface area (Å²) in [5, 5.41) is 6.77. The number of hydrogen-bond acceptors (Lipinski definition) is 6. The fourth-order valence-electron chi connectivity index (χ4n) is 2.35. The van der Waals surface area contributed by atoms with Crippen molar-refractivity contribution in [2.75, 3.05) is 5.75 Å². The Balaban J connectivity index is 1.48. The van der Waals surface area contributed by atoms with Crippen LogP contribution in [0.4, 0.5) is 0 Å². The van der Waals surface area contributed by atoms with Gasteiger partial charge in [-0.15, -0.1) is 22.7 Å². The van der Waals surface area contributed by atoms with Crippen LogP contribution in [-0.4, -0.2) is 22.4 Å². The van der Waals surface area contributed by atoms with Gasteiger partial charge in [-0.05, 0) is 23.9 Å². The third-order valence-corrected chi connectivity index (χ3v) is 6.65. The van der Waals surface area contributed by atoms with Crippen molar-refractivity contribution in [1.29, 1.82) is 0 Å². The first-order chi connectivity index (χ1) is 12.6. The molecular weight excluding hydrogens is 384 g/mol. The number of thiophene rings is 1. The van der Waals surface area contributed by atoms with E-state index in [9.17, 15) is 9.59 Å². The summed E-state index contributed by atoms with van der Waals surface area (Å²) in [5.74, 6) is 0.416. The van der Waals surface area contributed by atoms with E-state index in [0.29, 0.717) is 5.75 Å². The van der Waals surface area contributed by atoms with Crippen molar-refractivity contribution in [3.63, 3.8) is 0 Å². The molecule has 0 saturated carbocycles. The first-order valence-corrected chi connectivity index (χ1v) is 10.8. The zero-order valence-electron chi connectivity index (χ0n) is 14.2. The van der Waals surface area contributed by atoms with Crippen LogP contribution in [0.5, 0.6) is 0 Å². The maximum atomic E-state index is 12.2. The molecular formula is C19H18N2O2S3. The lowest BCUT2D eigenvalue weighted by atomic mass is 10.1. The zero-order valence-corrected chi connectivity index (χ0v) is 16.6. The molecule has 0 aliphatic rings. The number of carbonyl (C=O) groups excluding carboxylic acids is 2. The van der Waals surface area contributed by atoms with Crippen LogP contribution in [0.2, 0.25) is 0 Å². The van der Waals surface area contributed by atoms with Crippen LogP contribution < -0.4 is 5.32 Å². The fraction of sp³-hybridized carbons (Fsp3) is 0.211. The molecule has 4 nitrogen and oxygen atoms in total. The lowest BCUT2D eigenvalue weighted by Crippen LogP contribution is -2.28. The van der Waals surface area contributed by atoms with E-state index >= 15 is 0 Å². The monoisotopic (exact) mass is 402 g/mol. The van der Waals surface area contributed by atoms with Gasteiger partial charge in [0.05, 0.1) is 28.8 Å². The van der Waals surface area contributed by atoms with Gasteiger partial charge in [0.15, 0.2) is 10.1 Å². The van der Waals surface area contributed by atoms with Crippen LogP contribution in [0.25, 0.3) is 0 Å². The molecule has 26 heavy (non-hydrogen) atoms. The molecule has 7 heteroatoms. The Kier molecular flexibility index (Phi) is 6.60. The summed E-state index contributed by atoms with van der Waals surface area (Å²) in [4.78, 5) is 29.5. The molecule has 0 unspecified atom stereocenters. The van der Waals surface area contributed by atoms with Gasteiger partial charge in [-0.3, -0.25) is 9.59 Å². The normalized spacial score (nSPS) is 11.9. The van der Waals surface area contributed by atoms with Gasteiger partial charge in [0.1, 0.15) is 0 Å². The average molecular weight is 403 g/mol. The molecule has 0 radical (unpaired) electrons. The van der Waals surface area contributed by atoms with Crippen molar-refractivity contribution in [2.24, 2.45) is 0 Å². The van der Waals surface area contributed by atoms with Crippen molar-refractivity contribution >= 4 is 46.1 Å². The van der Waals surface area contributed by atoms with Crippen LogP contribution in [0, 0.1) is 0 Å². The van der Waals surface area contributed by atoms with Crippen molar-refractivity contribution in [2.45, 2.75) is 23.7 Å². The van der Waals surface area contributed by atoms with Crippen LogP contribution in [-0.2, 0) is 11.2 Å². The highest BCUT2D eigenvalue weighted by Gasteiger charge is 2.13. The van der Waals surface area contributed by atoms with E-state index in [0.717, 1.165) is 20.5 Å². The molecule has 0 bridgehead atoms. The SMILES string of the molecule is C[C@@H](NC(=O)Cc1csc(SCC(=O)c2cccs2)n1)c1ccccc1. The highest BCUT2D eigenvalue weighted by molar-refractivity contribution is 8.01. The quantitative estimate of drug-likeness (QED) is 0.442. The summed E-state index contributed by atoms with van der Waals surface area (Å²) >= 11 is 4.34. The van der Waals surface area contributed by atoms with Gasteiger partial charge in [-0.1, -0.05) is 48.2 Å². The minimum atomic E-state index is -0.0575. The number of ketones is 1. The second-order valence-electron chi connectivity index (χ2n) is 5.67. The molecule has 3 aromatic rings. The number of thioether (sulfide) groups is 1. The third kappa shape index (κ3) is 5.27. The first kappa shape index (κ1) is 18.8. The molecule has 1 amide bonds. The molecule has 0 aliphatic heterocycles. The standard InChI is InChI=1S/C19H18N2O2S3/c1-13(14-6-3-2-4-7-14)20-18(23)10-15-11-25-19(21-15)26-12-16(22)17-8-5-9-24-17/h2-9,11,13H,10,12H2,1H3,(H,20,23)/t13-/m1/s1. The van der Waals surface area contributed by atoms with E-state index in [1.807, 2.05) is 60.1 Å². The van der Waals surface area contributed by atoms with Crippen molar-refractivity contribution in [1.82, 2.24) is 10.3 Å². The van der Waals surface area contributed by atoms with Gasteiger partial charge in [0.2, 0.25) is 5.91 Å². The Hall–Kier alpha value is -1.96. The number of Topliss-reactive ketones (excluding diaryl/α,β-unsaturated/α-hetero) is 1. The number of rotatable bonds is 8. The number of nitrogens with zero attached hydrogens (tertiary/aromatic N) is 1. The lowest BCUT2D eigenvalue weighted by Gasteiger charge is -2.13. The van der Waals surface area contributed by atoms with Crippen LogP contribution in [0.15, 0.2) is 57.6 Å². The molecule has 0 saturated heterocycles. The number of benzene rings is 1. The molecule has 3 rings (SSSR count). The van der Waals surface area contributed by atoms with Gasteiger partial charge in [-0.25, -0.2) is 4.98 Å². The van der Waals surface area contributed by atoms with Gasteiger partial charge < -0.3 is 5.32 Å². The van der Waals surface area contributed by atoms with E-state index in [2.05, 4.69) is 10.3 Å². The molecule has 0 spiro atoms. The molecule has 2 heterocycles. The van der Waals surface area contributed by atoms with E-state index in [1.165, 1.54) is 34.4 Å². The number of aromatic nitrogens is 1. The predicted octanol–water partition coefficient (Wildman–Crippen LogP) is 4.60. The maximum absolute atomic E-state index is 12.2. The molecule has 1 N–H and O–H groups in total. The number of amides is 1. The highest BCUT2D eigenvalue weighted by atomic mass is 32.2. The highest BCUT2D eigenvalue weighted by Crippen LogP contribution is 2.24. The fourth-order valence-corrected chi connectivity index (χ4v) is 4.84. The van der Waals surface area contributed by atoms with Crippen molar-refractivity contribution in [3.05, 3.63) is 69.4 Å². The second-order valence-corrected chi connectivity index (χ2v) is 8.70. The predicted molar refractivity (Wildman–Crippen MR) is 108 cm³/mol. The van der Waals surface area contributed by atoms with Crippen LogP contribution >= 0.6 is 34.4 Å². The first-order valence-electron chi connectivity index (χ1n) is 8.10. The van der Waals surface area contributed by atoms with E-state index in [4.69, 9.17) is 0 Å². The van der Waals surface area contributed by atoms with E-state index < -0.39 is 0 Å². The van der Waals surface area contributed by atoms with Gasteiger partial charge in [-0.2, -0.15) is 0 Å². The molecule has 0 aliphatic carbocycles. The Morgan fingerprint density at radius 2 is 1.96 bits per heavy atom. The third-order valence-electron chi connectivity index (χ3n) is 3.67. The van der Waals surface area contributed by atoms with Crippen molar-refractivity contribution in [3.8, 4) is 0 Å². The molecule has 2 aromatic heterocycles. The maximum Gasteiger partial charge on any atom is 0.226 e. The summed E-state index contributed by atoms with van der Waals surface area (Å²) in [6.07, 6.45) is 0.243. The van der Waals surface area contributed by atoms with Gasteiger partial charge in [0.25, 0.3) is 0 Å². The Bertz CT molecular complexity index is 860. The number of carbonyl (C=O) groups is 2. The minimum Gasteiger partial charge on any atom is -0.349 e. The molecule has 0 fully saturated rings. The smallest absolute Gasteiger partial charge is 0.226 e. The summed E-state index contributed by atoms with van der Waals surface area (Å²) in [5.41, 5.74) is 1.81. The van der Waals surface area contributed by atoms with Gasteiger partial charge in [0, 0.05) is 5.38 Å². The Labute approximate surface area is 164 Å². The minimum absolute atomic E-state index is 0.0420. The summed E-state index contributed by atoms with van der Waals surface area (Å²) in [6.45, 7) is 1.96. The average Bonchev–Trinajstić information content (AvgIpc) is 3.32. The molecule has 1 atom stereocenters. The number of nitrogens with one attached hydrogen (secondary N) is 1. The summed E-state index contributed by atoms with van der Waals surface area (Å²) in [7, 11) is 0. The Morgan fingerprint density at radius 1 is 1.15 bits per heavy atom. The topological polar surface area (TPSA) is 59.1 Å². The largest absolute Gasteiger partial charge is 0.349 e. The number of thiazole rings is 1. The zero-order chi connectivity index (χ0) is 18.4. The number of hydrogen-bond donors (Lipinski definition) is 1. The lowest BCUT2D eigenvalue weighted by molar-refractivity contribution is -0.121. The summed E-state index contributed by atoms with van der Waals surface area (Å²) in [6, 6.07) is 13.5.